The Morgan fingerprint density at radius 2 is 1.90 bits per heavy atom. The van der Waals surface area contributed by atoms with Crippen LogP contribution in [-0.2, 0) is 4.74 Å². The van der Waals surface area contributed by atoms with Crippen molar-refractivity contribution in [1.29, 1.82) is 0 Å². The topological polar surface area (TPSA) is 38.5 Å². The van der Waals surface area contributed by atoms with Gasteiger partial charge in [-0.1, -0.05) is 45.0 Å². The van der Waals surface area contributed by atoms with Gasteiger partial charge in [-0.2, -0.15) is 0 Å². The minimum atomic E-state index is 0.292. The standard InChI is InChI=1S/C18H30N2O/c1-4-20(13-17-6-5-11-21-17)18(12-19)16-9-7-15(8-10-16)14(2)3/h7-10,14,17-18H,4-6,11-13,19H2,1-3H3. The van der Waals surface area contributed by atoms with Crippen molar-refractivity contribution in [2.75, 3.05) is 26.2 Å². The molecule has 21 heavy (non-hydrogen) atoms. The van der Waals surface area contributed by atoms with Crippen LogP contribution in [0.2, 0.25) is 0 Å². The summed E-state index contributed by atoms with van der Waals surface area (Å²) in [5.41, 5.74) is 8.78. The van der Waals surface area contributed by atoms with Crippen LogP contribution in [0.5, 0.6) is 0 Å². The molecule has 1 heterocycles. The van der Waals surface area contributed by atoms with Gasteiger partial charge in [-0.15, -0.1) is 0 Å². The van der Waals surface area contributed by atoms with E-state index in [4.69, 9.17) is 10.5 Å². The maximum atomic E-state index is 6.07. The van der Waals surface area contributed by atoms with E-state index >= 15 is 0 Å². The fraction of sp³-hybridized carbons (Fsp3) is 0.667. The largest absolute Gasteiger partial charge is 0.377 e. The van der Waals surface area contributed by atoms with Crippen molar-refractivity contribution in [3.05, 3.63) is 35.4 Å². The molecule has 1 aliphatic rings. The maximum absolute atomic E-state index is 6.07. The summed E-state index contributed by atoms with van der Waals surface area (Å²) in [6, 6.07) is 9.25. The fourth-order valence-corrected chi connectivity index (χ4v) is 3.13. The predicted octanol–water partition coefficient (Wildman–Crippen LogP) is 3.31. The zero-order valence-electron chi connectivity index (χ0n) is 13.7. The highest BCUT2D eigenvalue weighted by molar-refractivity contribution is 5.27. The molecule has 0 aromatic heterocycles. The van der Waals surface area contributed by atoms with Crippen molar-refractivity contribution >= 4 is 0 Å². The van der Waals surface area contributed by atoms with Crippen molar-refractivity contribution in [1.82, 2.24) is 4.90 Å². The van der Waals surface area contributed by atoms with Crippen molar-refractivity contribution in [2.24, 2.45) is 5.73 Å². The van der Waals surface area contributed by atoms with Crippen LogP contribution in [0.15, 0.2) is 24.3 Å². The van der Waals surface area contributed by atoms with E-state index in [-0.39, 0.29) is 0 Å². The van der Waals surface area contributed by atoms with Crippen molar-refractivity contribution in [3.8, 4) is 0 Å². The monoisotopic (exact) mass is 290 g/mol. The Balaban J connectivity index is 2.08. The summed E-state index contributed by atoms with van der Waals surface area (Å²) in [5, 5.41) is 0. The number of rotatable bonds is 7. The molecule has 0 radical (unpaired) electrons. The Morgan fingerprint density at radius 3 is 2.38 bits per heavy atom. The molecule has 2 unspecified atom stereocenters. The Kier molecular flexibility index (Phi) is 6.22. The van der Waals surface area contributed by atoms with Crippen LogP contribution >= 0.6 is 0 Å². The van der Waals surface area contributed by atoms with Gasteiger partial charge in [-0.3, -0.25) is 4.90 Å². The molecule has 1 aromatic rings. The first-order valence-corrected chi connectivity index (χ1v) is 8.31. The lowest BCUT2D eigenvalue weighted by Crippen LogP contribution is -2.38. The van der Waals surface area contributed by atoms with Crippen molar-refractivity contribution in [2.45, 2.75) is 51.7 Å². The Hall–Kier alpha value is -0.900. The first-order valence-electron chi connectivity index (χ1n) is 8.31. The van der Waals surface area contributed by atoms with Crippen molar-refractivity contribution in [3.63, 3.8) is 0 Å². The zero-order chi connectivity index (χ0) is 15.2. The SMILES string of the molecule is CCN(CC1CCCO1)C(CN)c1ccc(C(C)C)cc1. The van der Waals surface area contributed by atoms with Gasteiger partial charge in [0.2, 0.25) is 0 Å². The molecule has 118 valence electrons. The maximum Gasteiger partial charge on any atom is 0.0703 e. The number of ether oxygens (including phenoxy) is 1. The normalized spacial score (nSPS) is 20.4. The summed E-state index contributed by atoms with van der Waals surface area (Å²) < 4.78 is 5.78. The highest BCUT2D eigenvalue weighted by Crippen LogP contribution is 2.24. The smallest absolute Gasteiger partial charge is 0.0703 e. The summed E-state index contributed by atoms with van der Waals surface area (Å²) in [6.45, 7) is 10.2. The molecular weight excluding hydrogens is 260 g/mol. The molecule has 1 aliphatic heterocycles. The zero-order valence-corrected chi connectivity index (χ0v) is 13.7. The van der Waals surface area contributed by atoms with E-state index in [9.17, 15) is 0 Å². The number of nitrogens with two attached hydrogens (primary N) is 1. The Morgan fingerprint density at radius 1 is 1.24 bits per heavy atom. The highest BCUT2D eigenvalue weighted by Gasteiger charge is 2.24. The summed E-state index contributed by atoms with van der Waals surface area (Å²) in [4.78, 5) is 2.46. The van der Waals surface area contributed by atoms with Gasteiger partial charge in [0, 0.05) is 25.7 Å². The molecule has 1 fully saturated rings. The van der Waals surface area contributed by atoms with Crippen LogP contribution in [0.25, 0.3) is 0 Å². The highest BCUT2D eigenvalue weighted by atomic mass is 16.5. The second-order valence-electron chi connectivity index (χ2n) is 6.30. The third-order valence-electron chi connectivity index (χ3n) is 4.52. The second-order valence-corrected chi connectivity index (χ2v) is 6.30. The van der Waals surface area contributed by atoms with E-state index in [1.165, 1.54) is 24.0 Å². The van der Waals surface area contributed by atoms with Gasteiger partial charge < -0.3 is 10.5 Å². The number of hydrogen-bond donors (Lipinski definition) is 1. The van der Waals surface area contributed by atoms with E-state index in [0.717, 1.165) is 19.7 Å². The summed E-state index contributed by atoms with van der Waals surface area (Å²) in [7, 11) is 0. The number of hydrogen-bond acceptors (Lipinski definition) is 3. The molecule has 3 heteroatoms. The summed E-state index contributed by atoms with van der Waals surface area (Å²) in [6.07, 6.45) is 2.76. The van der Waals surface area contributed by atoms with Gasteiger partial charge in [0.05, 0.1) is 6.10 Å². The molecule has 0 bridgehead atoms. The minimum absolute atomic E-state index is 0.292. The molecule has 1 aromatic carbocycles. The molecular formula is C18H30N2O. The van der Waals surface area contributed by atoms with Gasteiger partial charge in [0.25, 0.3) is 0 Å². The molecule has 0 saturated carbocycles. The molecule has 0 spiro atoms. The van der Waals surface area contributed by atoms with Gasteiger partial charge in [-0.25, -0.2) is 0 Å². The number of benzene rings is 1. The molecule has 2 atom stereocenters. The first-order chi connectivity index (χ1) is 10.2. The fourth-order valence-electron chi connectivity index (χ4n) is 3.13. The second kappa shape index (κ2) is 7.92. The lowest BCUT2D eigenvalue weighted by molar-refractivity contribution is 0.0601. The third kappa shape index (κ3) is 4.29. The molecule has 2 N–H and O–H groups in total. The van der Waals surface area contributed by atoms with E-state index in [0.29, 0.717) is 24.6 Å². The Labute approximate surface area is 129 Å². The lowest BCUT2D eigenvalue weighted by Gasteiger charge is -2.32. The number of likely N-dealkylation sites (N-methyl/N-ethyl adjacent to an activating group) is 1. The molecule has 2 rings (SSSR count). The lowest BCUT2D eigenvalue weighted by atomic mass is 9.98. The van der Waals surface area contributed by atoms with Crippen LogP contribution in [-0.4, -0.2) is 37.2 Å². The average Bonchev–Trinajstić information content (AvgIpc) is 3.00. The molecule has 0 amide bonds. The molecule has 3 nitrogen and oxygen atoms in total. The van der Waals surface area contributed by atoms with E-state index < -0.39 is 0 Å². The van der Waals surface area contributed by atoms with Crippen LogP contribution in [0.1, 0.15) is 56.7 Å². The first kappa shape index (κ1) is 16.5. The van der Waals surface area contributed by atoms with Gasteiger partial charge in [0.1, 0.15) is 0 Å². The summed E-state index contributed by atoms with van der Waals surface area (Å²) in [5.74, 6) is 0.574. The van der Waals surface area contributed by atoms with E-state index in [1.807, 2.05) is 0 Å². The quantitative estimate of drug-likeness (QED) is 0.837. The third-order valence-corrected chi connectivity index (χ3v) is 4.52. The van der Waals surface area contributed by atoms with Crippen LogP contribution in [0.4, 0.5) is 0 Å². The average molecular weight is 290 g/mol. The molecule has 0 aliphatic carbocycles. The predicted molar refractivity (Wildman–Crippen MR) is 88.5 cm³/mol. The number of nitrogens with zero attached hydrogens (tertiary/aromatic N) is 1. The minimum Gasteiger partial charge on any atom is -0.377 e. The molecule has 1 saturated heterocycles. The van der Waals surface area contributed by atoms with Crippen LogP contribution < -0.4 is 5.73 Å². The van der Waals surface area contributed by atoms with Gasteiger partial charge in [0.15, 0.2) is 0 Å². The van der Waals surface area contributed by atoms with Crippen LogP contribution in [0, 0.1) is 0 Å². The van der Waals surface area contributed by atoms with Gasteiger partial charge >= 0.3 is 0 Å². The Bertz CT molecular complexity index is 410. The van der Waals surface area contributed by atoms with Gasteiger partial charge in [-0.05, 0) is 36.4 Å². The van der Waals surface area contributed by atoms with Crippen LogP contribution in [0.3, 0.4) is 0 Å². The van der Waals surface area contributed by atoms with Crippen molar-refractivity contribution < 1.29 is 4.74 Å². The van der Waals surface area contributed by atoms with E-state index in [2.05, 4.69) is 49.9 Å². The van der Waals surface area contributed by atoms with E-state index in [1.54, 1.807) is 0 Å². The summed E-state index contributed by atoms with van der Waals surface area (Å²) >= 11 is 0.